The molecule has 1 aliphatic heterocycles. The van der Waals surface area contributed by atoms with Crippen molar-refractivity contribution in [2.75, 3.05) is 21.0 Å². The maximum Gasteiger partial charge on any atom is 0.343 e. The highest BCUT2D eigenvalue weighted by Crippen LogP contribution is 2.39. The molecule has 4 aromatic carbocycles. The molecule has 10 nitrogen and oxygen atoms in total. The Hall–Kier alpha value is -5.48. The van der Waals surface area contributed by atoms with Gasteiger partial charge in [-0.15, -0.1) is 0 Å². The number of benzene rings is 4. The van der Waals surface area contributed by atoms with Crippen molar-refractivity contribution in [2.45, 2.75) is 0 Å². The number of rotatable bonds is 8. The van der Waals surface area contributed by atoms with Crippen LogP contribution in [0, 0.1) is 0 Å². The van der Waals surface area contributed by atoms with Crippen LogP contribution in [0.5, 0.6) is 28.7 Å². The van der Waals surface area contributed by atoms with Crippen molar-refractivity contribution < 1.29 is 33.3 Å². The molecule has 2 N–H and O–H groups in total. The molecule has 0 bridgehead atoms. The van der Waals surface area contributed by atoms with Gasteiger partial charge in [-0.3, -0.25) is 4.79 Å². The van der Waals surface area contributed by atoms with Gasteiger partial charge in [-0.2, -0.15) is 5.10 Å². The van der Waals surface area contributed by atoms with E-state index in [0.29, 0.717) is 55.8 Å². The minimum Gasteiger partial charge on any atom is -0.495 e. The van der Waals surface area contributed by atoms with Crippen LogP contribution < -0.4 is 29.1 Å². The van der Waals surface area contributed by atoms with Gasteiger partial charge in [0.05, 0.1) is 31.5 Å². The molecule has 1 aliphatic rings. The third-order valence-electron chi connectivity index (χ3n) is 6.76. The molecule has 0 saturated heterocycles. The summed E-state index contributed by atoms with van der Waals surface area (Å²) in [5, 5.41) is 5.41. The normalized spacial score (nSPS) is 12.0. The van der Waals surface area contributed by atoms with Gasteiger partial charge in [0.15, 0.2) is 23.0 Å². The Morgan fingerprint density at radius 3 is 2.53 bits per heavy atom. The van der Waals surface area contributed by atoms with Crippen molar-refractivity contribution >= 4 is 40.6 Å². The number of H-pyrrole nitrogens is 1. The first-order chi connectivity index (χ1) is 21.0. The highest BCUT2D eigenvalue weighted by atomic mass is 35.5. The van der Waals surface area contributed by atoms with Gasteiger partial charge in [-0.1, -0.05) is 41.9 Å². The highest BCUT2D eigenvalue weighted by molar-refractivity contribution is 6.34. The predicted octanol–water partition coefficient (Wildman–Crippen LogP) is 6.22. The number of ether oxygens (including phenoxy) is 5. The third-order valence-corrected chi connectivity index (χ3v) is 7.09. The van der Waals surface area contributed by atoms with Gasteiger partial charge in [0.1, 0.15) is 11.4 Å². The number of esters is 1. The number of halogens is 1. The molecule has 0 fully saturated rings. The van der Waals surface area contributed by atoms with E-state index in [1.165, 1.54) is 13.3 Å². The summed E-state index contributed by atoms with van der Waals surface area (Å²) in [4.78, 5) is 29.3. The number of fused-ring (bicyclic) bond motifs is 2. The summed E-state index contributed by atoms with van der Waals surface area (Å²) in [7, 11) is 3.02. The molecule has 0 aliphatic carbocycles. The van der Waals surface area contributed by atoms with Crippen molar-refractivity contribution in [1.29, 1.82) is 0 Å². The molecule has 2 heterocycles. The van der Waals surface area contributed by atoms with Crippen LogP contribution in [-0.2, 0) is 0 Å². The number of hydrogen-bond donors (Lipinski definition) is 2. The van der Waals surface area contributed by atoms with Crippen molar-refractivity contribution in [3.05, 3.63) is 101 Å². The van der Waals surface area contributed by atoms with Gasteiger partial charge in [-0.25, -0.2) is 10.2 Å². The first-order valence-electron chi connectivity index (χ1n) is 13.0. The summed E-state index contributed by atoms with van der Waals surface area (Å²) >= 11 is 6.52. The molecule has 1 amide bonds. The summed E-state index contributed by atoms with van der Waals surface area (Å²) in [5.74, 6) is 1.06. The monoisotopic (exact) mass is 597 g/mol. The van der Waals surface area contributed by atoms with E-state index in [9.17, 15) is 9.59 Å². The van der Waals surface area contributed by atoms with Crippen LogP contribution in [0.15, 0.2) is 84.0 Å². The number of hydrazone groups is 1. The molecule has 5 aromatic rings. The van der Waals surface area contributed by atoms with Gasteiger partial charge in [-0.05, 0) is 54.1 Å². The van der Waals surface area contributed by atoms with Crippen LogP contribution in [-0.4, -0.2) is 44.1 Å². The molecule has 6 rings (SSSR count). The number of aromatic amines is 1. The smallest absolute Gasteiger partial charge is 0.343 e. The van der Waals surface area contributed by atoms with Gasteiger partial charge in [0.25, 0.3) is 5.91 Å². The first kappa shape index (κ1) is 27.7. The quantitative estimate of drug-likeness (QED) is 0.0943. The third kappa shape index (κ3) is 5.43. The standard InChI is InChI=1S/C32H24ClN3O7/c1-39-25-9-5-7-21-28(20-6-3-4-8-22(20)33)30(35-29(21)25)31(37)36-34-16-18-10-12-24(26(14-18)40-2)43-32(38)19-11-13-23-27(15-19)42-17-41-23/h3-16,35H,17H2,1-2H3,(H,36,37). The molecule has 216 valence electrons. The Morgan fingerprint density at radius 2 is 1.72 bits per heavy atom. The van der Waals surface area contributed by atoms with E-state index in [2.05, 4.69) is 15.5 Å². The lowest BCUT2D eigenvalue weighted by Crippen LogP contribution is -2.19. The van der Waals surface area contributed by atoms with Crippen molar-refractivity contribution in [2.24, 2.45) is 5.10 Å². The lowest BCUT2D eigenvalue weighted by atomic mass is 10.0. The fourth-order valence-electron chi connectivity index (χ4n) is 4.73. The van der Waals surface area contributed by atoms with E-state index >= 15 is 0 Å². The Morgan fingerprint density at radius 1 is 0.907 bits per heavy atom. The molecule has 1 aromatic heterocycles. The SMILES string of the molecule is COc1cc(C=NNC(=O)c2[nH]c3c(OC)cccc3c2-c2ccccc2Cl)ccc1OC(=O)c1ccc2c(c1)OCO2. The predicted molar refractivity (Wildman–Crippen MR) is 161 cm³/mol. The minimum absolute atomic E-state index is 0.101. The van der Waals surface area contributed by atoms with Crippen LogP contribution in [0.4, 0.5) is 0 Å². The number of carbonyl (C=O) groups excluding carboxylic acids is 2. The lowest BCUT2D eigenvalue weighted by Gasteiger charge is -2.10. The zero-order chi connectivity index (χ0) is 29.9. The topological polar surface area (TPSA) is 120 Å². The van der Waals surface area contributed by atoms with Gasteiger partial charge in [0, 0.05) is 21.5 Å². The maximum atomic E-state index is 13.4. The molecule has 0 spiro atoms. The van der Waals surface area contributed by atoms with Crippen molar-refractivity contribution in [3.8, 4) is 39.9 Å². The zero-order valence-electron chi connectivity index (χ0n) is 23.0. The number of nitrogens with zero attached hydrogens (tertiary/aromatic N) is 1. The molecule has 0 unspecified atom stereocenters. The molecule has 43 heavy (non-hydrogen) atoms. The van der Waals surface area contributed by atoms with Crippen LogP contribution in [0.25, 0.3) is 22.0 Å². The van der Waals surface area contributed by atoms with Crippen LogP contribution in [0.3, 0.4) is 0 Å². The highest BCUT2D eigenvalue weighted by Gasteiger charge is 2.23. The van der Waals surface area contributed by atoms with E-state index in [1.807, 2.05) is 30.3 Å². The Bertz CT molecular complexity index is 1900. The number of aromatic nitrogens is 1. The zero-order valence-corrected chi connectivity index (χ0v) is 23.7. The van der Waals surface area contributed by atoms with Crippen LogP contribution in [0.2, 0.25) is 5.02 Å². The summed E-state index contributed by atoms with van der Waals surface area (Å²) in [6.45, 7) is 0.101. The number of para-hydroxylation sites is 1. The summed E-state index contributed by atoms with van der Waals surface area (Å²) in [5.41, 5.74) is 5.70. The second-order valence-corrected chi connectivity index (χ2v) is 9.71. The molecular formula is C32H24ClN3O7. The average Bonchev–Trinajstić information content (AvgIpc) is 3.66. The van der Waals surface area contributed by atoms with Crippen molar-refractivity contribution in [3.63, 3.8) is 0 Å². The molecule has 11 heteroatoms. The molecule has 0 atom stereocenters. The second kappa shape index (κ2) is 11.8. The molecule has 0 radical (unpaired) electrons. The van der Waals surface area contributed by atoms with Crippen LogP contribution >= 0.6 is 11.6 Å². The largest absolute Gasteiger partial charge is 0.495 e. The number of methoxy groups -OCH3 is 2. The summed E-state index contributed by atoms with van der Waals surface area (Å²) in [6.07, 6.45) is 1.45. The number of nitrogens with one attached hydrogen (secondary N) is 2. The van der Waals surface area contributed by atoms with E-state index in [4.69, 9.17) is 35.3 Å². The van der Waals surface area contributed by atoms with E-state index in [-0.39, 0.29) is 18.2 Å². The Kier molecular flexibility index (Phi) is 7.59. The summed E-state index contributed by atoms with van der Waals surface area (Å²) in [6, 6.07) is 22.5. The minimum atomic E-state index is -0.588. The first-order valence-corrected chi connectivity index (χ1v) is 13.4. The fourth-order valence-corrected chi connectivity index (χ4v) is 4.96. The van der Waals surface area contributed by atoms with Gasteiger partial charge >= 0.3 is 5.97 Å². The van der Waals surface area contributed by atoms with Gasteiger partial charge in [0.2, 0.25) is 6.79 Å². The van der Waals surface area contributed by atoms with Crippen LogP contribution in [0.1, 0.15) is 26.4 Å². The number of amides is 1. The number of carbonyl (C=O) groups is 2. The number of hydrogen-bond acceptors (Lipinski definition) is 8. The summed E-state index contributed by atoms with van der Waals surface area (Å²) < 4.78 is 27.1. The van der Waals surface area contributed by atoms with E-state index in [1.54, 1.807) is 55.6 Å². The van der Waals surface area contributed by atoms with E-state index < -0.39 is 11.9 Å². The molecular weight excluding hydrogens is 574 g/mol. The fraction of sp³-hybridized carbons (Fsp3) is 0.0938. The lowest BCUT2D eigenvalue weighted by molar-refractivity contribution is 0.0729. The van der Waals surface area contributed by atoms with Crippen molar-refractivity contribution in [1.82, 2.24) is 10.4 Å². The van der Waals surface area contributed by atoms with Gasteiger partial charge < -0.3 is 28.7 Å². The maximum absolute atomic E-state index is 13.4. The average molecular weight is 598 g/mol. The second-order valence-electron chi connectivity index (χ2n) is 9.30. The Labute approximate surface area is 250 Å². The Balaban J connectivity index is 1.22. The van der Waals surface area contributed by atoms with E-state index in [0.717, 1.165) is 5.39 Å². The molecule has 0 saturated carbocycles.